The largest absolute Gasteiger partial charge is 0.480 e. The highest BCUT2D eigenvalue weighted by atomic mass is 16.5. The molecule has 2 amide bonds. The van der Waals surface area contributed by atoms with Crippen LogP contribution in [0.1, 0.15) is 155 Å². The number of carboxylic acid groups (broad SMARTS) is 1. The number of nitrogens with one attached hydrogen (secondary N) is 2. The Hall–Kier alpha value is -2.94. The van der Waals surface area contributed by atoms with Crippen LogP contribution in [0.3, 0.4) is 0 Å². The molecule has 2 unspecified atom stereocenters. The van der Waals surface area contributed by atoms with Crippen molar-refractivity contribution in [1.29, 1.82) is 0 Å². The quantitative estimate of drug-likeness (QED) is 0.0326. The molecule has 0 saturated heterocycles. The Labute approximate surface area is 285 Å². The van der Waals surface area contributed by atoms with Crippen LogP contribution in [0.5, 0.6) is 0 Å². The summed E-state index contributed by atoms with van der Waals surface area (Å²) in [6, 6.07) is -1.39. The molecule has 9 heteroatoms. The van der Waals surface area contributed by atoms with Crippen LogP contribution in [0, 0.1) is 0 Å². The summed E-state index contributed by atoms with van der Waals surface area (Å²) in [5.41, 5.74) is 0. The van der Waals surface area contributed by atoms with Crippen LogP contribution in [-0.2, 0) is 23.9 Å². The summed E-state index contributed by atoms with van der Waals surface area (Å²) in [6.07, 6.45) is 34.9. The standard InChI is InChI=1S/C38H66N2O7/c1-3-5-7-9-11-12-13-14-15-16-17-18-20-26-30-37(44)47-33(27-23-19-10-8-6-4-2)28-24-21-22-25-29-35(42)39-31-36(43)40-34(32-41)38(45)46/h8,10,13-14,23,27,33-34,41H,3-7,9,11-12,15-22,24-26,28-32H2,1-2H3,(H,39,42)(H,40,43)(H,45,46)/b10-8-,14-13-,27-23-. The minimum atomic E-state index is -1.39. The summed E-state index contributed by atoms with van der Waals surface area (Å²) in [5, 5.41) is 22.4. The van der Waals surface area contributed by atoms with Crippen molar-refractivity contribution in [2.45, 2.75) is 167 Å². The van der Waals surface area contributed by atoms with Crippen LogP contribution >= 0.6 is 0 Å². The minimum absolute atomic E-state index is 0.141. The molecule has 2 atom stereocenters. The highest BCUT2D eigenvalue weighted by Crippen LogP contribution is 2.14. The summed E-state index contributed by atoms with van der Waals surface area (Å²) in [5.74, 6) is -2.44. The Morgan fingerprint density at radius 2 is 1.26 bits per heavy atom. The summed E-state index contributed by atoms with van der Waals surface area (Å²) in [4.78, 5) is 47.2. The van der Waals surface area contributed by atoms with Crippen molar-refractivity contribution in [3.8, 4) is 0 Å². The van der Waals surface area contributed by atoms with E-state index < -0.39 is 24.5 Å². The molecule has 47 heavy (non-hydrogen) atoms. The molecule has 0 bridgehead atoms. The van der Waals surface area contributed by atoms with Crippen LogP contribution in [-0.4, -0.2) is 59.3 Å². The number of unbranched alkanes of at least 4 members (excludes halogenated alkanes) is 14. The molecule has 9 nitrogen and oxygen atoms in total. The third-order valence-corrected chi connectivity index (χ3v) is 7.82. The Kier molecular flexibility index (Phi) is 30.9. The zero-order valence-corrected chi connectivity index (χ0v) is 29.5. The van der Waals surface area contributed by atoms with Gasteiger partial charge >= 0.3 is 11.9 Å². The molecule has 0 aliphatic heterocycles. The van der Waals surface area contributed by atoms with Crippen molar-refractivity contribution in [3.05, 3.63) is 36.5 Å². The predicted molar refractivity (Wildman–Crippen MR) is 190 cm³/mol. The molecule has 0 fully saturated rings. The Bertz CT molecular complexity index is 900. The lowest BCUT2D eigenvalue weighted by atomic mass is 10.1. The van der Waals surface area contributed by atoms with Crippen molar-refractivity contribution in [2.24, 2.45) is 0 Å². The number of aliphatic hydroxyl groups is 1. The van der Waals surface area contributed by atoms with E-state index >= 15 is 0 Å². The average Bonchev–Trinajstić information content (AvgIpc) is 3.05. The van der Waals surface area contributed by atoms with Gasteiger partial charge in [-0.2, -0.15) is 0 Å². The van der Waals surface area contributed by atoms with E-state index in [0.717, 1.165) is 70.6 Å². The van der Waals surface area contributed by atoms with Crippen molar-refractivity contribution >= 4 is 23.8 Å². The van der Waals surface area contributed by atoms with Crippen LogP contribution in [0.25, 0.3) is 0 Å². The number of carboxylic acids is 1. The fraction of sp³-hybridized carbons (Fsp3) is 0.737. The smallest absolute Gasteiger partial charge is 0.328 e. The summed E-state index contributed by atoms with van der Waals surface area (Å²) in [7, 11) is 0. The number of aliphatic carboxylic acids is 1. The van der Waals surface area contributed by atoms with Crippen LogP contribution in [0.15, 0.2) is 36.5 Å². The first-order chi connectivity index (χ1) is 22.8. The van der Waals surface area contributed by atoms with Crippen molar-refractivity contribution in [3.63, 3.8) is 0 Å². The van der Waals surface area contributed by atoms with Gasteiger partial charge in [0.05, 0.1) is 13.2 Å². The van der Waals surface area contributed by atoms with Gasteiger partial charge in [0, 0.05) is 12.8 Å². The van der Waals surface area contributed by atoms with Crippen LogP contribution in [0.4, 0.5) is 0 Å². The summed E-state index contributed by atoms with van der Waals surface area (Å²) < 4.78 is 5.83. The van der Waals surface area contributed by atoms with E-state index in [1.165, 1.54) is 51.4 Å². The predicted octanol–water partition coefficient (Wildman–Crippen LogP) is 7.87. The van der Waals surface area contributed by atoms with Gasteiger partial charge in [-0.15, -0.1) is 0 Å². The van der Waals surface area contributed by atoms with Crippen molar-refractivity contribution in [2.75, 3.05) is 13.2 Å². The summed E-state index contributed by atoms with van der Waals surface area (Å²) >= 11 is 0. The fourth-order valence-electron chi connectivity index (χ4n) is 4.96. The molecule has 0 aromatic heterocycles. The van der Waals surface area contributed by atoms with Gasteiger partial charge in [-0.05, 0) is 70.3 Å². The van der Waals surface area contributed by atoms with Gasteiger partial charge < -0.3 is 25.6 Å². The molecule has 270 valence electrons. The fourth-order valence-corrected chi connectivity index (χ4v) is 4.96. The topological polar surface area (TPSA) is 142 Å². The summed E-state index contributed by atoms with van der Waals surface area (Å²) in [6.45, 7) is 3.33. The van der Waals surface area contributed by atoms with Crippen LogP contribution < -0.4 is 10.6 Å². The Morgan fingerprint density at radius 3 is 1.89 bits per heavy atom. The van der Waals surface area contributed by atoms with Gasteiger partial charge in [0.25, 0.3) is 0 Å². The molecular weight excluding hydrogens is 596 g/mol. The molecule has 0 aromatic rings. The van der Waals surface area contributed by atoms with Gasteiger partial charge in [-0.1, -0.05) is 108 Å². The maximum absolute atomic E-state index is 12.6. The molecule has 4 N–H and O–H groups in total. The van der Waals surface area contributed by atoms with Gasteiger partial charge in [-0.25, -0.2) is 4.79 Å². The first kappa shape index (κ1) is 44.1. The number of carbonyl (C=O) groups is 4. The maximum Gasteiger partial charge on any atom is 0.328 e. The van der Waals surface area contributed by atoms with Crippen LogP contribution in [0.2, 0.25) is 0 Å². The third kappa shape index (κ3) is 30.2. The normalized spacial score (nSPS) is 12.9. The number of ether oxygens (including phenoxy) is 1. The third-order valence-electron chi connectivity index (χ3n) is 7.82. The van der Waals surface area contributed by atoms with Crippen molar-refractivity contribution in [1.82, 2.24) is 10.6 Å². The molecule has 0 spiro atoms. The second-order valence-corrected chi connectivity index (χ2v) is 12.3. The van der Waals surface area contributed by atoms with E-state index in [9.17, 15) is 19.2 Å². The molecule has 0 radical (unpaired) electrons. The molecule has 0 rings (SSSR count). The number of aliphatic hydroxyl groups excluding tert-OH is 1. The minimum Gasteiger partial charge on any atom is -0.480 e. The molecular formula is C38H66N2O7. The number of hydrogen-bond acceptors (Lipinski definition) is 6. The van der Waals surface area contributed by atoms with E-state index in [4.69, 9.17) is 14.9 Å². The highest BCUT2D eigenvalue weighted by molar-refractivity contribution is 5.87. The SMILES string of the molecule is CCC/C=C\C/C=C\C(CCCCCCC(=O)NCC(=O)NC(CO)C(=O)O)OC(=O)CCCCCCC/C=C\CCCCCCC. The molecule has 0 heterocycles. The second kappa shape index (κ2) is 33.0. The Morgan fingerprint density at radius 1 is 0.660 bits per heavy atom. The first-order valence-electron chi connectivity index (χ1n) is 18.4. The zero-order valence-electron chi connectivity index (χ0n) is 29.5. The lowest BCUT2D eigenvalue weighted by Gasteiger charge is -2.15. The van der Waals surface area contributed by atoms with E-state index in [2.05, 4.69) is 54.9 Å². The molecule has 0 aliphatic rings. The van der Waals surface area contributed by atoms with Crippen molar-refractivity contribution < 1.29 is 34.1 Å². The van der Waals surface area contributed by atoms with E-state index in [1.807, 2.05) is 6.08 Å². The van der Waals surface area contributed by atoms with E-state index in [-0.39, 0.29) is 30.9 Å². The number of allylic oxidation sites excluding steroid dienone is 5. The van der Waals surface area contributed by atoms with Gasteiger partial charge in [0.15, 0.2) is 0 Å². The number of carbonyl (C=O) groups excluding carboxylic acids is 3. The number of rotatable bonds is 32. The number of hydrogen-bond donors (Lipinski definition) is 4. The first-order valence-corrected chi connectivity index (χ1v) is 18.4. The van der Waals surface area contributed by atoms with Gasteiger partial charge in [-0.3, -0.25) is 14.4 Å². The lowest BCUT2D eigenvalue weighted by Crippen LogP contribution is -2.47. The highest BCUT2D eigenvalue weighted by Gasteiger charge is 2.18. The lowest BCUT2D eigenvalue weighted by molar-refractivity contribution is -0.147. The monoisotopic (exact) mass is 662 g/mol. The molecule has 0 saturated carbocycles. The molecule has 0 aromatic carbocycles. The average molecular weight is 663 g/mol. The van der Waals surface area contributed by atoms with Gasteiger partial charge in [0.1, 0.15) is 12.1 Å². The van der Waals surface area contributed by atoms with E-state index in [0.29, 0.717) is 12.8 Å². The zero-order chi connectivity index (χ0) is 34.8. The maximum atomic E-state index is 12.6. The Balaban J connectivity index is 4.25. The number of amides is 2. The number of esters is 1. The second-order valence-electron chi connectivity index (χ2n) is 12.3. The molecule has 0 aliphatic carbocycles. The van der Waals surface area contributed by atoms with Gasteiger partial charge in [0.2, 0.25) is 11.8 Å². The van der Waals surface area contributed by atoms with E-state index in [1.54, 1.807) is 0 Å².